The molecule has 0 spiro atoms. The Morgan fingerprint density at radius 2 is 0.311 bits per heavy atom. The molecule has 0 bridgehead atoms. The van der Waals surface area contributed by atoms with E-state index in [2.05, 4.69) is 20.8 Å². The van der Waals surface area contributed by atoms with E-state index in [1.54, 1.807) is 0 Å². The van der Waals surface area contributed by atoms with Gasteiger partial charge in [-0.15, -0.1) is 0 Å². The third-order valence-corrected chi connectivity index (χ3v) is 12.0. The molecule has 0 aliphatic rings. The Balaban J connectivity index is -0.000000396. The van der Waals surface area contributed by atoms with Crippen molar-refractivity contribution in [2.45, 2.75) is 329 Å². The summed E-state index contributed by atoms with van der Waals surface area (Å²) in [5.41, 5.74) is 0. The summed E-state index contributed by atoms with van der Waals surface area (Å²) < 4.78 is 0. The molecule has 6 nitrogen and oxygen atoms in total. The van der Waals surface area contributed by atoms with Crippen molar-refractivity contribution in [3.63, 3.8) is 0 Å². The van der Waals surface area contributed by atoms with E-state index >= 15 is 0 Å². The molecule has 0 aliphatic heterocycles. The number of carboxylic acids is 3. The van der Waals surface area contributed by atoms with E-state index in [0.29, 0.717) is 0 Å². The SMILES string of the molecule is CCCCCCCCCCCCCCCCCC(=O)[O-].CCCCCCCCCCCCCCCCCC(=O)[O-].CCCCCCCCCCCCCCCCCC(=O)[O-].[Ti+3]. The molecule has 0 N–H and O–H groups in total. The van der Waals surface area contributed by atoms with Crippen molar-refractivity contribution in [1.29, 1.82) is 0 Å². The van der Waals surface area contributed by atoms with Crippen molar-refractivity contribution in [3.05, 3.63) is 0 Å². The first kappa shape index (κ1) is 66.7. The second-order valence-electron chi connectivity index (χ2n) is 18.2. The number of unbranched alkanes of at least 4 members (excludes halogenated alkanes) is 42. The summed E-state index contributed by atoms with van der Waals surface area (Å²) in [7, 11) is 0. The Morgan fingerprint density at radius 3 is 0.410 bits per heavy atom. The van der Waals surface area contributed by atoms with Crippen LogP contribution < -0.4 is 15.3 Å². The zero-order valence-electron chi connectivity index (χ0n) is 41.4. The smallest absolute Gasteiger partial charge is 0.550 e. The average Bonchev–Trinajstić information content (AvgIpc) is 3.22. The first-order chi connectivity index (χ1) is 29.3. The molecule has 0 atom stereocenters. The van der Waals surface area contributed by atoms with E-state index < -0.39 is 17.9 Å². The molecule has 1 radical (unpaired) electrons. The van der Waals surface area contributed by atoms with Gasteiger partial charge in [-0.1, -0.05) is 290 Å². The number of aliphatic carboxylic acids is 3. The molecule has 0 aromatic carbocycles. The van der Waals surface area contributed by atoms with Crippen molar-refractivity contribution in [1.82, 2.24) is 0 Å². The fourth-order valence-corrected chi connectivity index (χ4v) is 7.92. The van der Waals surface area contributed by atoms with Crippen molar-refractivity contribution in [2.24, 2.45) is 0 Å². The van der Waals surface area contributed by atoms with Crippen LogP contribution in [0.1, 0.15) is 329 Å². The van der Waals surface area contributed by atoms with E-state index in [-0.39, 0.29) is 41.0 Å². The topological polar surface area (TPSA) is 120 Å². The molecule has 0 amide bonds. The third-order valence-electron chi connectivity index (χ3n) is 12.0. The number of rotatable bonds is 48. The summed E-state index contributed by atoms with van der Waals surface area (Å²) in [5.74, 6) is -2.71. The number of hydrogen-bond donors (Lipinski definition) is 0. The van der Waals surface area contributed by atoms with Gasteiger partial charge in [0.2, 0.25) is 0 Å². The first-order valence-electron chi connectivity index (χ1n) is 26.9. The quantitative estimate of drug-likeness (QED) is 0.0443. The van der Waals surface area contributed by atoms with E-state index in [1.807, 2.05) is 0 Å². The number of hydrogen-bond acceptors (Lipinski definition) is 6. The van der Waals surface area contributed by atoms with E-state index in [9.17, 15) is 29.7 Å². The summed E-state index contributed by atoms with van der Waals surface area (Å²) in [6.07, 6.45) is 59.6. The maximum atomic E-state index is 10.2. The first-order valence-corrected chi connectivity index (χ1v) is 26.9. The van der Waals surface area contributed by atoms with Crippen LogP contribution in [0.15, 0.2) is 0 Å². The molecule has 0 saturated carbocycles. The van der Waals surface area contributed by atoms with Crippen molar-refractivity contribution in [2.75, 3.05) is 0 Å². The Kier molecular flexibility index (Phi) is 69.4. The third kappa shape index (κ3) is 76.8. The molecule has 0 aliphatic carbocycles. The van der Waals surface area contributed by atoms with Crippen molar-refractivity contribution < 1.29 is 51.4 Å². The second kappa shape index (κ2) is 63.4. The van der Waals surface area contributed by atoms with Gasteiger partial charge < -0.3 is 29.7 Å². The largest absolute Gasteiger partial charge is 3.00 e. The monoisotopic (exact) mass is 898 g/mol. The Bertz CT molecular complexity index is 717. The van der Waals surface area contributed by atoms with Gasteiger partial charge in [0, 0.05) is 17.9 Å². The van der Waals surface area contributed by atoms with Crippen LogP contribution in [-0.2, 0) is 36.1 Å². The molecule has 7 heteroatoms. The van der Waals surface area contributed by atoms with Crippen molar-refractivity contribution in [3.8, 4) is 0 Å². The van der Waals surface area contributed by atoms with Gasteiger partial charge in [-0.05, 0) is 38.5 Å². The van der Waals surface area contributed by atoms with E-state index in [1.165, 1.54) is 250 Å². The molecule has 0 aromatic heterocycles. The molecule has 0 aromatic rings. The maximum Gasteiger partial charge on any atom is 3.00 e. The van der Waals surface area contributed by atoms with Crippen LogP contribution in [0, 0.1) is 0 Å². The van der Waals surface area contributed by atoms with Crippen LogP contribution in [0.4, 0.5) is 0 Å². The van der Waals surface area contributed by atoms with Crippen LogP contribution >= 0.6 is 0 Å². The predicted molar refractivity (Wildman–Crippen MR) is 254 cm³/mol. The Morgan fingerprint density at radius 1 is 0.213 bits per heavy atom. The summed E-state index contributed by atoms with van der Waals surface area (Å²) in [4.78, 5) is 30.7. The average molecular weight is 898 g/mol. The number of carbonyl (C=O) groups excluding carboxylic acids is 3. The molecule has 61 heavy (non-hydrogen) atoms. The molecule has 0 saturated heterocycles. The maximum absolute atomic E-state index is 10.2. The predicted octanol–water partition coefficient (Wildman–Crippen LogP) is 15.0. The van der Waals surface area contributed by atoms with Gasteiger partial charge in [0.25, 0.3) is 0 Å². The number of carboxylic acid groups (broad SMARTS) is 3. The zero-order chi connectivity index (χ0) is 44.7. The van der Waals surface area contributed by atoms with Gasteiger partial charge >= 0.3 is 21.7 Å². The standard InChI is InChI=1S/3C18H36O2.Ti/c3*1-2-3-4-5-6-7-8-9-10-11-12-13-14-15-16-17-18(19)20;/h3*2-17H2,1H3,(H,19,20);/q;;;+3/p-3. The van der Waals surface area contributed by atoms with Gasteiger partial charge in [-0.3, -0.25) is 0 Å². The fourth-order valence-electron chi connectivity index (χ4n) is 7.92. The minimum Gasteiger partial charge on any atom is -0.550 e. The molecule has 0 unspecified atom stereocenters. The minimum atomic E-state index is -0.903. The van der Waals surface area contributed by atoms with Crippen LogP contribution in [0.5, 0.6) is 0 Å². The van der Waals surface area contributed by atoms with Crippen LogP contribution in [0.3, 0.4) is 0 Å². The van der Waals surface area contributed by atoms with Crippen LogP contribution in [0.25, 0.3) is 0 Å². The van der Waals surface area contributed by atoms with Gasteiger partial charge in [0.15, 0.2) is 0 Å². The molecular formula is C54H105O6Ti. The van der Waals surface area contributed by atoms with Gasteiger partial charge in [-0.25, -0.2) is 0 Å². The summed E-state index contributed by atoms with van der Waals surface area (Å²) in [6, 6.07) is 0. The summed E-state index contributed by atoms with van der Waals surface area (Å²) in [6.45, 7) is 6.80. The van der Waals surface area contributed by atoms with E-state index in [0.717, 1.165) is 38.5 Å². The number of carbonyl (C=O) groups is 3. The minimum absolute atomic E-state index is 0. The van der Waals surface area contributed by atoms with Gasteiger partial charge in [-0.2, -0.15) is 0 Å². The normalized spacial score (nSPS) is 10.7. The Hall–Kier alpha value is -0.876. The van der Waals surface area contributed by atoms with E-state index in [4.69, 9.17) is 0 Å². The Labute approximate surface area is 396 Å². The second-order valence-corrected chi connectivity index (χ2v) is 18.2. The molecular weight excluding hydrogens is 792 g/mol. The summed E-state index contributed by atoms with van der Waals surface area (Å²) >= 11 is 0. The van der Waals surface area contributed by atoms with Crippen molar-refractivity contribution >= 4 is 17.9 Å². The molecule has 0 heterocycles. The molecule has 0 rings (SSSR count). The van der Waals surface area contributed by atoms with Crippen LogP contribution in [0.2, 0.25) is 0 Å². The van der Waals surface area contributed by atoms with Gasteiger partial charge in [0.1, 0.15) is 0 Å². The van der Waals surface area contributed by atoms with Crippen LogP contribution in [-0.4, -0.2) is 17.9 Å². The van der Waals surface area contributed by atoms with Gasteiger partial charge in [0.05, 0.1) is 0 Å². The fraction of sp³-hybridized carbons (Fsp3) is 0.944. The molecule has 0 fully saturated rings. The zero-order valence-corrected chi connectivity index (χ0v) is 43.0. The summed E-state index contributed by atoms with van der Waals surface area (Å²) in [5, 5.41) is 30.7. The molecule has 361 valence electrons.